The van der Waals surface area contributed by atoms with Crippen molar-refractivity contribution < 1.29 is 8.42 Å². The van der Waals surface area contributed by atoms with Crippen LogP contribution in [0.1, 0.15) is 68.5 Å². The van der Waals surface area contributed by atoms with Crippen LogP contribution in [0.3, 0.4) is 0 Å². The molecule has 1 N–H and O–H groups in total. The van der Waals surface area contributed by atoms with Gasteiger partial charge in [-0.15, -0.1) is 0 Å². The molecule has 2 aromatic rings. The summed E-state index contributed by atoms with van der Waals surface area (Å²) in [6.07, 6.45) is 10.7. The Morgan fingerprint density at radius 1 is 0.966 bits per heavy atom. The molecule has 1 aromatic heterocycles. The van der Waals surface area contributed by atoms with E-state index in [1.165, 1.54) is 19.3 Å². The fraction of sp³-hybridized carbons (Fsp3) is 0.522. The van der Waals surface area contributed by atoms with Crippen LogP contribution in [0.4, 0.5) is 5.82 Å². The minimum Gasteiger partial charge on any atom is -0.367 e. The first kappa shape index (κ1) is 20.4. The highest BCUT2D eigenvalue weighted by Crippen LogP contribution is 2.38. The van der Waals surface area contributed by atoms with E-state index in [1.807, 2.05) is 31.2 Å². The van der Waals surface area contributed by atoms with Crippen molar-refractivity contribution in [2.75, 3.05) is 11.9 Å². The molecule has 2 heterocycles. The molecule has 5 nitrogen and oxygen atoms in total. The number of aryl methyl sites for hydroxylation is 1. The normalized spacial score (nSPS) is 21.8. The van der Waals surface area contributed by atoms with E-state index in [0.717, 1.165) is 49.0 Å². The van der Waals surface area contributed by atoms with Crippen LogP contribution in [0, 0.1) is 6.92 Å². The molecule has 6 heteroatoms. The lowest BCUT2D eigenvalue weighted by molar-refractivity contribution is 0.256. The molecule has 1 aromatic carbocycles. The molecular weight excluding hydrogens is 382 g/mol. The lowest BCUT2D eigenvalue weighted by atomic mass is 9.94. The molecule has 0 unspecified atom stereocenters. The molecule has 4 rings (SSSR count). The summed E-state index contributed by atoms with van der Waals surface area (Å²) in [6, 6.07) is 11.4. The van der Waals surface area contributed by atoms with Crippen LogP contribution in [-0.4, -0.2) is 30.3 Å². The van der Waals surface area contributed by atoms with Gasteiger partial charge in [0.05, 0.1) is 10.9 Å². The second-order valence-electron chi connectivity index (χ2n) is 8.36. The summed E-state index contributed by atoms with van der Waals surface area (Å²) in [6.45, 7) is 2.53. The van der Waals surface area contributed by atoms with Crippen molar-refractivity contribution in [2.24, 2.45) is 0 Å². The lowest BCUT2D eigenvalue weighted by Gasteiger charge is -2.36. The van der Waals surface area contributed by atoms with Crippen molar-refractivity contribution in [1.29, 1.82) is 0 Å². The number of hydrogen-bond acceptors (Lipinski definition) is 4. The van der Waals surface area contributed by atoms with Crippen molar-refractivity contribution in [1.82, 2.24) is 9.29 Å². The molecule has 0 amide bonds. The van der Waals surface area contributed by atoms with Gasteiger partial charge < -0.3 is 5.32 Å². The topological polar surface area (TPSA) is 62.3 Å². The minimum absolute atomic E-state index is 0.171. The smallest absolute Gasteiger partial charge is 0.243 e. The Bertz CT molecular complexity index is 921. The van der Waals surface area contributed by atoms with E-state index >= 15 is 0 Å². The minimum atomic E-state index is -3.55. The van der Waals surface area contributed by atoms with E-state index in [1.54, 1.807) is 22.6 Å². The molecular formula is C23H31N3O2S. The molecule has 2 aliphatic rings. The maximum absolute atomic E-state index is 13.5. The van der Waals surface area contributed by atoms with Gasteiger partial charge in [0.15, 0.2) is 0 Å². The first-order chi connectivity index (χ1) is 14.1. The number of anilines is 1. The molecule has 1 aliphatic heterocycles. The van der Waals surface area contributed by atoms with Gasteiger partial charge in [0.2, 0.25) is 10.0 Å². The first-order valence-corrected chi connectivity index (χ1v) is 12.3. The third kappa shape index (κ3) is 4.48. The largest absolute Gasteiger partial charge is 0.367 e. The third-order valence-electron chi connectivity index (χ3n) is 6.23. The van der Waals surface area contributed by atoms with Gasteiger partial charge in [-0.05, 0) is 50.8 Å². The average Bonchev–Trinajstić information content (AvgIpc) is 2.75. The van der Waals surface area contributed by atoms with Gasteiger partial charge in [-0.2, -0.15) is 4.31 Å². The third-order valence-corrected chi connectivity index (χ3v) is 8.15. The number of nitrogens with zero attached hydrogens (tertiary/aromatic N) is 2. The SMILES string of the molecule is Cc1ccc(S(=O)(=O)N2CCCC[C@H]2c2cccnc2NC2CCCCC2)cc1. The number of hydrogen-bond donors (Lipinski definition) is 1. The van der Waals surface area contributed by atoms with Gasteiger partial charge in [0, 0.05) is 24.3 Å². The van der Waals surface area contributed by atoms with Crippen LogP contribution in [0.2, 0.25) is 0 Å². The van der Waals surface area contributed by atoms with Crippen molar-refractivity contribution in [2.45, 2.75) is 75.3 Å². The molecule has 0 spiro atoms. The average molecular weight is 414 g/mol. The molecule has 2 fully saturated rings. The quantitative estimate of drug-likeness (QED) is 0.745. The summed E-state index contributed by atoms with van der Waals surface area (Å²) in [7, 11) is -3.55. The Morgan fingerprint density at radius 3 is 2.45 bits per heavy atom. The Kier molecular flexibility index (Phi) is 6.20. The summed E-state index contributed by atoms with van der Waals surface area (Å²) in [4.78, 5) is 4.99. The van der Waals surface area contributed by atoms with E-state index < -0.39 is 10.0 Å². The van der Waals surface area contributed by atoms with Gasteiger partial charge in [0.25, 0.3) is 0 Å². The van der Waals surface area contributed by atoms with Crippen molar-refractivity contribution >= 4 is 15.8 Å². The fourth-order valence-electron chi connectivity index (χ4n) is 4.60. The van der Waals surface area contributed by atoms with Crippen LogP contribution in [-0.2, 0) is 10.0 Å². The second-order valence-corrected chi connectivity index (χ2v) is 10.3. The highest BCUT2D eigenvalue weighted by molar-refractivity contribution is 7.89. The standard InChI is InChI=1S/C23H31N3O2S/c1-18-12-14-20(15-13-18)29(27,28)26-17-6-5-11-22(26)21-10-7-16-24-23(21)25-19-8-3-2-4-9-19/h7,10,12-16,19,22H,2-6,8-9,11,17H2,1H3,(H,24,25)/t22-/m0/s1. The van der Waals surface area contributed by atoms with Crippen LogP contribution in [0.15, 0.2) is 47.5 Å². The summed E-state index contributed by atoms with van der Waals surface area (Å²) in [5.41, 5.74) is 2.07. The first-order valence-electron chi connectivity index (χ1n) is 10.9. The molecule has 1 saturated heterocycles. The van der Waals surface area contributed by atoms with E-state index in [0.29, 0.717) is 17.5 Å². The van der Waals surface area contributed by atoms with Gasteiger partial charge in [-0.3, -0.25) is 0 Å². The molecule has 1 aliphatic carbocycles. The van der Waals surface area contributed by atoms with Crippen LogP contribution >= 0.6 is 0 Å². The Balaban J connectivity index is 1.65. The van der Waals surface area contributed by atoms with Gasteiger partial charge in [-0.25, -0.2) is 13.4 Å². The number of aromatic nitrogens is 1. The summed E-state index contributed by atoms with van der Waals surface area (Å²) >= 11 is 0. The zero-order valence-corrected chi connectivity index (χ0v) is 18.0. The van der Waals surface area contributed by atoms with E-state index in [9.17, 15) is 8.42 Å². The Labute approximate surface area is 174 Å². The van der Waals surface area contributed by atoms with Crippen LogP contribution in [0.5, 0.6) is 0 Å². The molecule has 1 saturated carbocycles. The molecule has 29 heavy (non-hydrogen) atoms. The molecule has 156 valence electrons. The number of rotatable bonds is 5. The summed E-state index contributed by atoms with van der Waals surface area (Å²) in [5, 5.41) is 3.63. The number of pyridine rings is 1. The van der Waals surface area contributed by atoms with E-state index in [4.69, 9.17) is 0 Å². The van der Waals surface area contributed by atoms with Gasteiger partial charge >= 0.3 is 0 Å². The number of sulfonamides is 1. The molecule has 0 radical (unpaired) electrons. The predicted octanol–water partition coefficient (Wildman–Crippen LogP) is 5.05. The highest BCUT2D eigenvalue weighted by Gasteiger charge is 2.36. The van der Waals surface area contributed by atoms with Crippen molar-refractivity contribution in [3.63, 3.8) is 0 Å². The van der Waals surface area contributed by atoms with Gasteiger partial charge in [0.1, 0.15) is 5.82 Å². The van der Waals surface area contributed by atoms with Gasteiger partial charge in [-0.1, -0.05) is 49.4 Å². The zero-order chi connectivity index (χ0) is 20.3. The number of nitrogens with one attached hydrogen (secondary N) is 1. The number of benzene rings is 1. The Hall–Kier alpha value is -1.92. The maximum atomic E-state index is 13.5. The fourth-order valence-corrected chi connectivity index (χ4v) is 6.27. The monoisotopic (exact) mass is 413 g/mol. The van der Waals surface area contributed by atoms with Crippen LogP contribution in [0.25, 0.3) is 0 Å². The van der Waals surface area contributed by atoms with E-state index in [-0.39, 0.29) is 6.04 Å². The molecule has 1 atom stereocenters. The maximum Gasteiger partial charge on any atom is 0.243 e. The highest BCUT2D eigenvalue weighted by atomic mass is 32.2. The molecule has 0 bridgehead atoms. The van der Waals surface area contributed by atoms with E-state index in [2.05, 4.69) is 10.3 Å². The van der Waals surface area contributed by atoms with Crippen LogP contribution < -0.4 is 5.32 Å². The lowest BCUT2D eigenvalue weighted by Crippen LogP contribution is -2.39. The summed E-state index contributed by atoms with van der Waals surface area (Å²) in [5.74, 6) is 0.857. The van der Waals surface area contributed by atoms with Crippen molar-refractivity contribution in [3.05, 3.63) is 53.7 Å². The Morgan fingerprint density at radius 2 is 1.69 bits per heavy atom. The number of piperidine rings is 1. The van der Waals surface area contributed by atoms with Crippen molar-refractivity contribution in [3.8, 4) is 0 Å². The predicted molar refractivity (Wildman–Crippen MR) is 116 cm³/mol. The summed E-state index contributed by atoms with van der Waals surface area (Å²) < 4.78 is 28.6. The second kappa shape index (κ2) is 8.84. The zero-order valence-electron chi connectivity index (χ0n) is 17.2.